The molecule has 0 saturated carbocycles. The van der Waals surface area contributed by atoms with Crippen LogP contribution in [-0.2, 0) is 20.7 Å². The molecule has 4 rings (SSSR count). The van der Waals surface area contributed by atoms with Gasteiger partial charge >= 0.3 is 5.97 Å². The maximum atomic E-state index is 12.4. The summed E-state index contributed by atoms with van der Waals surface area (Å²) in [6.07, 6.45) is 3.38. The van der Waals surface area contributed by atoms with Crippen molar-refractivity contribution in [2.24, 2.45) is 0 Å². The van der Waals surface area contributed by atoms with Gasteiger partial charge in [-0.1, -0.05) is 74.0 Å². The Kier molecular flexibility index (Phi) is 6.32. The van der Waals surface area contributed by atoms with Crippen LogP contribution in [0.15, 0.2) is 77.4 Å². The minimum Gasteiger partial charge on any atom is -0.464 e. The van der Waals surface area contributed by atoms with Gasteiger partial charge in [0.05, 0.1) is 18.7 Å². The van der Waals surface area contributed by atoms with Crippen LogP contribution in [0.4, 0.5) is 0 Å². The van der Waals surface area contributed by atoms with Gasteiger partial charge in [0.15, 0.2) is 6.61 Å². The van der Waals surface area contributed by atoms with Crippen LogP contribution in [0.25, 0.3) is 21.7 Å². The molecule has 0 saturated heterocycles. The van der Waals surface area contributed by atoms with Crippen LogP contribution in [0, 0.1) is 0 Å². The molecule has 0 spiro atoms. The summed E-state index contributed by atoms with van der Waals surface area (Å²) in [6, 6.07) is 21.6. The van der Waals surface area contributed by atoms with E-state index in [1.54, 1.807) is 6.26 Å². The molecule has 0 radical (unpaired) electrons. The first-order valence-corrected chi connectivity index (χ1v) is 10.5. The summed E-state index contributed by atoms with van der Waals surface area (Å²) in [4.78, 5) is 24.8. The van der Waals surface area contributed by atoms with Crippen LogP contribution >= 0.6 is 0 Å². The minimum atomic E-state index is -0.461. The lowest BCUT2D eigenvalue weighted by molar-refractivity contribution is -0.148. The van der Waals surface area contributed by atoms with Gasteiger partial charge in [0.1, 0.15) is 5.58 Å². The number of furan rings is 1. The monoisotopic (exact) mass is 415 g/mol. The molecule has 0 aliphatic rings. The quantitative estimate of drug-likeness (QED) is 0.395. The number of carbonyl (C=O) groups excluding carboxylic acids is 2. The Bertz CT molecular complexity index is 1200. The van der Waals surface area contributed by atoms with E-state index in [0.29, 0.717) is 0 Å². The zero-order valence-electron chi connectivity index (χ0n) is 17.5. The normalized spacial score (nSPS) is 12.0. The Balaban J connectivity index is 1.39. The Hall–Kier alpha value is -3.60. The van der Waals surface area contributed by atoms with E-state index in [0.717, 1.165) is 45.7 Å². The molecule has 0 aliphatic heterocycles. The highest BCUT2D eigenvalue weighted by atomic mass is 16.5. The van der Waals surface area contributed by atoms with E-state index in [-0.39, 0.29) is 25.0 Å². The summed E-state index contributed by atoms with van der Waals surface area (Å²) in [6.45, 7) is 1.77. The van der Waals surface area contributed by atoms with Gasteiger partial charge < -0.3 is 14.5 Å². The molecular weight excluding hydrogens is 390 g/mol. The van der Waals surface area contributed by atoms with Crippen molar-refractivity contribution in [1.82, 2.24) is 5.32 Å². The predicted molar refractivity (Wildman–Crippen MR) is 121 cm³/mol. The summed E-state index contributed by atoms with van der Waals surface area (Å²) >= 11 is 0. The fourth-order valence-corrected chi connectivity index (χ4v) is 3.89. The van der Waals surface area contributed by atoms with Crippen molar-refractivity contribution in [3.05, 3.63) is 84.1 Å². The smallest absolute Gasteiger partial charge is 0.310 e. The zero-order chi connectivity index (χ0) is 21.6. The fraction of sp³-hybridized carbons (Fsp3) is 0.231. The molecule has 4 aromatic rings. The molecule has 0 unspecified atom stereocenters. The van der Waals surface area contributed by atoms with E-state index in [1.807, 2.05) is 66.7 Å². The van der Waals surface area contributed by atoms with Crippen LogP contribution in [0.1, 0.15) is 36.9 Å². The average Bonchev–Trinajstić information content (AvgIpc) is 3.21. The maximum absolute atomic E-state index is 12.4. The van der Waals surface area contributed by atoms with Gasteiger partial charge in [-0.2, -0.15) is 0 Å². The highest BCUT2D eigenvalue weighted by Crippen LogP contribution is 2.30. The first-order valence-electron chi connectivity index (χ1n) is 10.5. The van der Waals surface area contributed by atoms with Crippen LogP contribution < -0.4 is 5.32 Å². The van der Waals surface area contributed by atoms with E-state index in [9.17, 15) is 9.59 Å². The standard InChI is InChI=1S/C26H25NO4/c1-2-8-22(19-10-4-3-5-11-19)27-24(28)17-31-25(29)15-20-16-30-23-14-13-18-9-6-7-12-21(18)26(20)23/h3-7,9-14,16,22H,2,8,15,17H2,1H3,(H,27,28)/t22-/m0/s1. The summed E-state index contributed by atoms with van der Waals surface area (Å²) in [7, 11) is 0. The summed E-state index contributed by atoms with van der Waals surface area (Å²) < 4.78 is 10.9. The third-order valence-electron chi connectivity index (χ3n) is 5.35. The van der Waals surface area contributed by atoms with Crippen molar-refractivity contribution in [2.45, 2.75) is 32.2 Å². The highest BCUT2D eigenvalue weighted by Gasteiger charge is 2.17. The van der Waals surface area contributed by atoms with Crippen molar-refractivity contribution in [2.75, 3.05) is 6.61 Å². The number of benzene rings is 3. The van der Waals surface area contributed by atoms with E-state index in [1.165, 1.54) is 0 Å². The second-order valence-corrected chi connectivity index (χ2v) is 7.58. The predicted octanol–water partition coefficient (Wildman–Crippen LogP) is 5.33. The number of ether oxygens (including phenoxy) is 1. The summed E-state index contributed by atoms with van der Waals surface area (Å²) in [5.74, 6) is -0.768. The SMILES string of the molecule is CCC[C@H](NC(=O)COC(=O)Cc1coc2ccc3ccccc3c12)c1ccccc1. The molecule has 5 heteroatoms. The number of carbonyl (C=O) groups is 2. The van der Waals surface area contributed by atoms with Gasteiger partial charge in [0.25, 0.3) is 5.91 Å². The Morgan fingerprint density at radius 1 is 1.00 bits per heavy atom. The molecule has 5 nitrogen and oxygen atoms in total. The van der Waals surface area contributed by atoms with E-state index in [4.69, 9.17) is 9.15 Å². The first kappa shape index (κ1) is 20.7. The molecule has 1 heterocycles. The highest BCUT2D eigenvalue weighted by molar-refractivity contribution is 6.08. The van der Waals surface area contributed by atoms with Crippen LogP contribution in [0.2, 0.25) is 0 Å². The molecule has 1 aromatic heterocycles. The van der Waals surface area contributed by atoms with Gasteiger partial charge in [0.2, 0.25) is 0 Å². The molecular formula is C26H25NO4. The number of hydrogen-bond donors (Lipinski definition) is 1. The third-order valence-corrected chi connectivity index (χ3v) is 5.35. The Morgan fingerprint density at radius 2 is 1.77 bits per heavy atom. The molecule has 1 atom stereocenters. The lowest BCUT2D eigenvalue weighted by Crippen LogP contribution is -2.32. The molecule has 1 N–H and O–H groups in total. The zero-order valence-corrected chi connectivity index (χ0v) is 17.5. The van der Waals surface area contributed by atoms with Crippen molar-refractivity contribution < 1.29 is 18.7 Å². The second-order valence-electron chi connectivity index (χ2n) is 7.58. The van der Waals surface area contributed by atoms with Crippen molar-refractivity contribution >= 4 is 33.6 Å². The van der Waals surface area contributed by atoms with Crippen molar-refractivity contribution in [1.29, 1.82) is 0 Å². The average molecular weight is 415 g/mol. The van der Waals surface area contributed by atoms with Crippen LogP contribution in [0.5, 0.6) is 0 Å². The molecule has 0 bridgehead atoms. The van der Waals surface area contributed by atoms with Gasteiger partial charge in [-0.05, 0) is 28.8 Å². The van der Waals surface area contributed by atoms with E-state index >= 15 is 0 Å². The lowest BCUT2D eigenvalue weighted by Gasteiger charge is -2.18. The Morgan fingerprint density at radius 3 is 2.58 bits per heavy atom. The number of amides is 1. The molecule has 3 aromatic carbocycles. The van der Waals surface area contributed by atoms with Gasteiger partial charge in [-0.3, -0.25) is 9.59 Å². The second kappa shape index (κ2) is 9.47. The number of esters is 1. The van der Waals surface area contributed by atoms with Gasteiger partial charge in [0, 0.05) is 10.9 Å². The largest absolute Gasteiger partial charge is 0.464 e. The molecule has 1 amide bonds. The summed E-state index contributed by atoms with van der Waals surface area (Å²) in [5, 5.41) is 5.98. The number of rotatable bonds is 8. The van der Waals surface area contributed by atoms with Crippen LogP contribution in [-0.4, -0.2) is 18.5 Å². The van der Waals surface area contributed by atoms with E-state index < -0.39 is 5.97 Å². The summed E-state index contributed by atoms with van der Waals surface area (Å²) in [5.41, 5.74) is 2.52. The molecule has 0 aliphatic carbocycles. The number of fused-ring (bicyclic) bond motifs is 3. The Labute approximate surface area is 181 Å². The maximum Gasteiger partial charge on any atom is 0.310 e. The number of nitrogens with one attached hydrogen (secondary N) is 1. The van der Waals surface area contributed by atoms with Crippen molar-refractivity contribution in [3.8, 4) is 0 Å². The first-order chi connectivity index (χ1) is 15.2. The van der Waals surface area contributed by atoms with Crippen molar-refractivity contribution in [3.63, 3.8) is 0 Å². The van der Waals surface area contributed by atoms with Gasteiger partial charge in [-0.15, -0.1) is 0 Å². The molecule has 158 valence electrons. The number of hydrogen-bond acceptors (Lipinski definition) is 4. The third kappa shape index (κ3) is 4.77. The molecule has 0 fully saturated rings. The molecule has 31 heavy (non-hydrogen) atoms. The lowest BCUT2D eigenvalue weighted by atomic mass is 10.0. The van der Waals surface area contributed by atoms with Crippen LogP contribution in [0.3, 0.4) is 0 Å². The minimum absolute atomic E-state index is 0.0470. The topological polar surface area (TPSA) is 68.5 Å². The van der Waals surface area contributed by atoms with E-state index in [2.05, 4.69) is 12.2 Å². The fourth-order valence-electron chi connectivity index (χ4n) is 3.89. The van der Waals surface area contributed by atoms with Gasteiger partial charge in [-0.25, -0.2) is 0 Å².